The van der Waals surface area contributed by atoms with Crippen molar-refractivity contribution in [3.63, 3.8) is 0 Å². The molecule has 0 aliphatic rings. The summed E-state index contributed by atoms with van der Waals surface area (Å²) < 4.78 is 2.15. The fourth-order valence-electron chi connectivity index (χ4n) is 1.41. The average Bonchev–Trinajstić information content (AvgIpc) is 2.61. The van der Waals surface area contributed by atoms with E-state index in [2.05, 4.69) is 22.6 Å². The van der Waals surface area contributed by atoms with Gasteiger partial charge in [-0.3, -0.25) is 4.79 Å². The lowest BCUT2D eigenvalue weighted by Crippen LogP contribution is -2.02. The summed E-state index contributed by atoms with van der Waals surface area (Å²) in [6.45, 7) is 0. The van der Waals surface area contributed by atoms with Crippen LogP contribution in [0.3, 0.4) is 0 Å². The van der Waals surface area contributed by atoms with E-state index in [1.165, 1.54) is 11.3 Å². The number of carbonyl (C=O) groups excluding carboxylic acids is 1. The van der Waals surface area contributed by atoms with Crippen molar-refractivity contribution in [3.05, 3.63) is 53.7 Å². The topological polar surface area (TPSA) is 17.1 Å². The summed E-state index contributed by atoms with van der Waals surface area (Å²) in [5, 5.41) is 0. The van der Waals surface area contributed by atoms with E-state index in [-0.39, 0.29) is 5.78 Å². The Bertz CT molecular complexity index is 548. The number of thiophene rings is 1. The Morgan fingerprint density at radius 2 is 1.88 bits per heavy atom. The summed E-state index contributed by atoms with van der Waals surface area (Å²) in [5.41, 5.74) is 1.49. The van der Waals surface area contributed by atoms with E-state index in [1.807, 2.05) is 24.3 Å². The Morgan fingerprint density at radius 1 is 1.24 bits per heavy atom. The van der Waals surface area contributed by atoms with Gasteiger partial charge >= 0.3 is 0 Å². The van der Waals surface area contributed by atoms with Gasteiger partial charge in [0.1, 0.15) is 4.34 Å². The molecule has 2 aromatic rings. The highest BCUT2D eigenvalue weighted by Gasteiger charge is 2.14. The van der Waals surface area contributed by atoms with E-state index < -0.39 is 0 Å². The summed E-state index contributed by atoms with van der Waals surface area (Å²) in [6, 6.07) is 9.48. The second-order valence-electron chi connectivity index (χ2n) is 3.46. The summed E-state index contributed by atoms with van der Waals surface area (Å²) in [4.78, 5) is 12.0. The molecule has 88 valence electrons. The molecule has 0 spiro atoms. The lowest BCUT2D eigenvalue weighted by Gasteiger charge is -2.00. The molecule has 0 N–H and O–H groups in total. The lowest BCUT2D eigenvalue weighted by molar-refractivity contribution is 0.0993. The van der Waals surface area contributed by atoms with E-state index in [9.17, 15) is 4.79 Å². The maximum absolute atomic E-state index is 12.0. The van der Waals surface area contributed by atoms with E-state index in [4.69, 9.17) is 23.2 Å². The molecule has 0 aliphatic heterocycles. The molecule has 1 nitrogen and oxygen atoms in total. The van der Waals surface area contributed by atoms with Crippen LogP contribution >= 0.6 is 57.1 Å². The zero-order valence-corrected chi connectivity index (χ0v) is 13.0. The fourth-order valence-corrected chi connectivity index (χ4v) is 3.27. The predicted octanol–water partition coefficient (Wildman–Crippen LogP) is 5.08. The van der Waals surface area contributed by atoms with Gasteiger partial charge in [-0.25, -0.2) is 0 Å². The third kappa shape index (κ3) is 3.44. The van der Waals surface area contributed by atoms with E-state index >= 15 is 0 Å². The molecule has 0 saturated carbocycles. The summed E-state index contributed by atoms with van der Waals surface area (Å²) in [7, 11) is 0. The molecule has 1 aromatic heterocycles. The standard InChI is InChI=1S/C12H7Cl2IOS/c13-11-6-9(12(14)17-11)10(16)5-7-1-3-8(15)4-2-7/h1-4,6H,5H2. The van der Waals surface area contributed by atoms with Crippen molar-refractivity contribution in [2.45, 2.75) is 6.42 Å². The Hall–Kier alpha value is -0.100. The molecule has 1 heterocycles. The largest absolute Gasteiger partial charge is 0.294 e. The number of Topliss-reactive ketones (excluding diaryl/α,β-unsaturated/α-hetero) is 1. The third-order valence-electron chi connectivity index (χ3n) is 2.24. The van der Waals surface area contributed by atoms with Crippen molar-refractivity contribution in [2.24, 2.45) is 0 Å². The predicted molar refractivity (Wildman–Crippen MR) is 81.5 cm³/mol. The molecule has 0 amide bonds. The van der Waals surface area contributed by atoms with Crippen LogP contribution in [0.4, 0.5) is 0 Å². The van der Waals surface area contributed by atoms with Gasteiger partial charge in [-0.05, 0) is 46.4 Å². The van der Waals surface area contributed by atoms with Gasteiger partial charge in [-0.1, -0.05) is 35.3 Å². The normalized spacial score (nSPS) is 10.5. The van der Waals surface area contributed by atoms with Crippen molar-refractivity contribution < 1.29 is 4.79 Å². The monoisotopic (exact) mass is 396 g/mol. The van der Waals surface area contributed by atoms with Crippen molar-refractivity contribution in [1.82, 2.24) is 0 Å². The Kier molecular flexibility index (Phi) is 4.47. The SMILES string of the molecule is O=C(Cc1ccc(I)cc1)c1cc(Cl)sc1Cl. The number of benzene rings is 1. The number of rotatable bonds is 3. The van der Waals surface area contributed by atoms with Gasteiger partial charge in [0.15, 0.2) is 5.78 Å². The van der Waals surface area contributed by atoms with Crippen LogP contribution in [0.1, 0.15) is 15.9 Å². The average molecular weight is 397 g/mol. The smallest absolute Gasteiger partial charge is 0.169 e. The van der Waals surface area contributed by atoms with Crippen molar-refractivity contribution in [1.29, 1.82) is 0 Å². The van der Waals surface area contributed by atoms with Crippen molar-refractivity contribution in [2.75, 3.05) is 0 Å². The second-order valence-corrected chi connectivity index (χ2v) is 7.00. The van der Waals surface area contributed by atoms with Gasteiger partial charge in [0.25, 0.3) is 0 Å². The minimum Gasteiger partial charge on any atom is -0.294 e. The first-order chi connectivity index (χ1) is 8.06. The molecule has 0 bridgehead atoms. The number of hydrogen-bond donors (Lipinski definition) is 0. The van der Waals surface area contributed by atoms with Gasteiger partial charge < -0.3 is 0 Å². The van der Waals surface area contributed by atoms with Gasteiger partial charge in [0.2, 0.25) is 0 Å². The van der Waals surface area contributed by atoms with Crippen LogP contribution in [0.5, 0.6) is 0 Å². The number of halogens is 3. The number of hydrogen-bond acceptors (Lipinski definition) is 2. The second kappa shape index (κ2) is 5.69. The minimum absolute atomic E-state index is 0.000594. The quantitative estimate of drug-likeness (QED) is 0.522. The van der Waals surface area contributed by atoms with Crippen LogP contribution in [-0.2, 0) is 6.42 Å². The van der Waals surface area contributed by atoms with Crippen LogP contribution in [0.2, 0.25) is 8.67 Å². The van der Waals surface area contributed by atoms with Gasteiger partial charge in [-0.2, -0.15) is 0 Å². The minimum atomic E-state index is -0.000594. The fraction of sp³-hybridized carbons (Fsp3) is 0.0833. The first-order valence-corrected chi connectivity index (χ1v) is 7.44. The Labute approximate surface area is 127 Å². The molecule has 0 unspecified atom stereocenters. The maximum atomic E-state index is 12.0. The van der Waals surface area contributed by atoms with Crippen LogP contribution in [0.15, 0.2) is 30.3 Å². The third-order valence-corrected chi connectivity index (χ3v) is 4.44. The molecule has 5 heteroatoms. The highest BCUT2D eigenvalue weighted by atomic mass is 127. The molecule has 0 atom stereocenters. The molecule has 0 radical (unpaired) electrons. The first-order valence-electron chi connectivity index (χ1n) is 4.79. The summed E-state index contributed by atoms with van der Waals surface area (Å²) >= 11 is 15.2. The molecule has 2 rings (SSSR count). The van der Waals surface area contributed by atoms with Crippen LogP contribution in [0.25, 0.3) is 0 Å². The highest BCUT2D eigenvalue weighted by Crippen LogP contribution is 2.31. The zero-order valence-electron chi connectivity index (χ0n) is 8.54. The molecule has 17 heavy (non-hydrogen) atoms. The van der Waals surface area contributed by atoms with Gasteiger partial charge in [0, 0.05) is 15.6 Å². The number of carbonyl (C=O) groups is 1. The van der Waals surface area contributed by atoms with Crippen LogP contribution in [-0.4, -0.2) is 5.78 Å². The maximum Gasteiger partial charge on any atom is 0.169 e. The molecule has 0 aliphatic carbocycles. The summed E-state index contributed by atoms with van der Waals surface area (Å²) in [5.74, 6) is -0.000594. The van der Waals surface area contributed by atoms with Crippen LogP contribution < -0.4 is 0 Å². The van der Waals surface area contributed by atoms with Gasteiger partial charge in [0.05, 0.1) is 4.34 Å². The molecule has 0 saturated heterocycles. The highest BCUT2D eigenvalue weighted by molar-refractivity contribution is 14.1. The van der Waals surface area contributed by atoms with E-state index in [1.54, 1.807) is 6.07 Å². The Balaban J connectivity index is 2.17. The number of ketones is 1. The molecule has 0 fully saturated rings. The molecular formula is C12H7Cl2IOS. The van der Waals surface area contributed by atoms with Crippen molar-refractivity contribution in [3.8, 4) is 0 Å². The van der Waals surface area contributed by atoms with Gasteiger partial charge in [-0.15, -0.1) is 11.3 Å². The first kappa shape index (κ1) is 13.3. The Morgan fingerprint density at radius 3 is 2.41 bits per heavy atom. The van der Waals surface area contributed by atoms with Crippen LogP contribution in [0, 0.1) is 3.57 Å². The van der Waals surface area contributed by atoms with Crippen molar-refractivity contribution >= 4 is 62.9 Å². The molecular weight excluding hydrogens is 390 g/mol. The molecule has 1 aromatic carbocycles. The zero-order chi connectivity index (χ0) is 12.4. The van der Waals surface area contributed by atoms with E-state index in [0.717, 1.165) is 9.13 Å². The van der Waals surface area contributed by atoms with E-state index in [0.29, 0.717) is 20.7 Å². The lowest BCUT2D eigenvalue weighted by atomic mass is 10.1. The summed E-state index contributed by atoms with van der Waals surface area (Å²) in [6.07, 6.45) is 0.351.